The standard InChI is InChI=1S/C27H37NO2/c1-5-26(29)28(21(2)22-12-8-6-9-13-22)18-16-25(23-14-10-7-11-15-23)24-17-19-30-27(3,4)20-24/h6-15,21,24-25H,5,16-20H2,1-4H3. The molecule has 2 aromatic carbocycles. The van der Waals surface area contributed by atoms with Gasteiger partial charge in [0.25, 0.3) is 0 Å². The molecule has 30 heavy (non-hydrogen) atoms. The lowest BCUT2D eigenvalue weighted by molar-refractivity contribution is -0.133. The van der Waals surface area contributed by atoms with Gasteiger partial charge in [0.05, 0.1) is 11.6 Å². The van der Waals surface area contributed by atoms with E-state index in [2.05, 4.69) is 80.3 Å². The smallest absolute Gasteiger partial charge is 0.222 e. The molecule has 1 saturated heterocycles. The molecule has 3 heteroatoms. The minimum atomic E-state index is -0.0772. The lowest BCUT2D eigenvalue weighted by atomic mass is 9.75. The van der Waals surface area contributed by atoms with E-state index in [0.717, 1.165) is 32.4 Å². The molecule has 0 bridgehead atoms. The van der Waals surface area contributed by atoms with Crippen LogP contribution >= 0.6 is 0 Å². The average molecular weight is 408 g/mol. The number of rotatable bonds is 8. The second-order valence-electron chi connectivity index (χ2n) is 9.19. The molecule has 0 N–H and O–H groups in total. The lowest BCUT2D eigenvalue weighted by Gasteiger charge is -2.40. The maximum absolute atomic E-state index is 12.9. The Hall–Kier alpha value is -2.13. The van der Waals surface area contributed by atoms with Crippen LogP contribution in [0.3, 0.4) is 0 Å². The Bertz CT molecular complexity index is 787. The van der Waals surface area contributed by atoms with Gasteiger partial charge in [0.2, 0.25) is 5.91 Å². The molecule has 0 aliphatic carbocycles. The number of benzene rings is 2. The Balaban J connectivity index is 1.81. The SMILES string of the molecule is CCC(=O)N(CCC(c1ccccc1)C1CCOC(C)(C)C1)C(C)c1ccccc1. The van der Waals surface area contributed by atoms with Gasteiger partial charge in [-0.3, -0.25) is 4.79 Å². The van der Waals surface area contributed by atoms with E-state index in [1.165, 1.54) is 11.1 Å². The number of hydrogen-bond acceptors (Lipinski definition) is 2. The minimum absolute atomic E-state index is 0.0772. The van der Waals surface area contributed by atoms with Crippen LogP contribution in [0.25, 0.3) is 0 Å². The molecule has 0 saturated carbocycles. The zero-order chi connectivity index (χ0) is 21.6. The summed E-state index contributed by atoms with van der Waals surface area (Å²) in [5.41, 5.74) is 2.51. The van der Waals surface area contributed by atoms with Crippen LogP contribution in [0.4, 0.5) is 0 Å². The number of hydrogen-bond donors (Lipinski definition) is 0. The van der Waals surface area contributed by atoms with Gasteiger partial charge in [0.1, 0.15) is 0 Å². The highest BCUT2D eigenvalue weighted by atomic mass is 16.5. The van der Waals surface area contributed by atoms with Gasteiger partial charge in [0, 0.05) is 19.6 Å². The third-order valence-electron chi connectivity index (χ3n) is 6.59. The highest BCUT2D eigenvalue weighted by molar-refractivity contribution is 5.76. The summed E-state index contributed by atoms with van der Waals surface area (Å²) in [4.78, 5) is 14.9. The van der Waals surface area contributed by atoms with Gasteiger partial charge in [-0.1, -0.05) is 67.6 Å². The first-order valence-corrected chi connectivity index (χ1v) is 11.4. The molecule has 3 unspecified atom stereocenters. The Morgan fingerprint density at radius 3 is 2.23 bits per heavy atom. The van der Waals surface area contributed by atoms with E-state index in [1.807, 2.05) is 13.0 Å². The van der Waals surface area contributed by atoms with E-state index < -0.39 is 0 Å². The Morgan fingerprint density at radius 1 is 1.07 bits per heavy atom. The summed E-state index contributed by atoms with van der Waals surface area (Å²) in [5, 5.41) is 0. The van der Waals surface area contributed by atoms with Gasteiger partial charge in [-0.15, -0.1) is 0 Å². The Labute approximate surface area is 182 Å². The first-order valence-electron chi connectivity index (χ1n) is 11.4. The zero-order valence-electron chi connectivity index (χ0n) is 19.0. The molecule has 1 amide bonds. The maximum Gasteiger partial charge on any atom is 0.222 e. The molecule has 3 atom stereocenters. The van der Waals surface area contributed by atoms with Crippen LogP contribution in [0.2, 0.25) is 0 Å². The van der Waals surface area contributed by atoms with Crippen molar-refractivity contribution in [3.8, 4) is 0 Å². The minimum Gasteiger partial charge on any atom is -0.376 e. The summed E-state index contributed by atoms with van der Waals surface area (Å²) in [7, 11) is 0. The molecule has 1 fully saturated rings. The largest absolute Gasteiger partial charge is 0.376 e. The van der Waals surface area contributed by atoms with E-state index in [-0.39, 0.29) is 17.6 Å². The van der Waals surface area contributed by atoms with Crippen LogP contribution in [0, 0.1) is 5.92 Å². The second-order valence-corrected chi connectivity index (χ2v) is 9.19. The fraction of sp³-hybridized carbons (Fsp3) is 0.519. The molecule has 1 heterocycles. The van der Waals surface area contributed by atoms with Crippen LogP contribution in [0.5, 0.6) is 0 Å². The van der Waals surface area contributed by atoms with Gasteiger partial charge < -0.3 is 9.64 Å². The fourth-order valence-corrected chi connectivity index (χ4v) is 4.92. The van der Waals surface area contributed by atoms with Gasteiger partial charge in [-0.25, -0.2) is 0 Å². The normalized spacial score (nSPS) is 20.3. The highest BCUT2D eigenvalue weighted by Gasteiger charge is 2.34. The Morgan fingerprint density at radius 2 is 1.67 bits per heavy atom. The van der Waals surface area contributed by atoms with Crippen molar-refractivity contribution in [3.05, 3.63) is 71.8 Å². The van der Waals surface area contributed by atoms with Crippen molar-refractivity contribution < 1.29 is 9.53 Å². The van der Waals surface area contributed by atoms with Gasteiger partial charge in [-0.05, 0) is 63.0 Å². The van der Waals surface area contributed by atoms with Crippen LogP contribution in [0.15, 0.2) is 60.7 Å². The van der Waals surface area contributed by atoms with Crippen molar-refractivity contribution in [2.75, 3.05) is 13.2 Å². The van der Waals surface area contributed by atoms with E-state index >= 15 is 0 Å². The molecule has 0 radical (unpaired) electrons. The third-order valence-corrected chi connectivity index (χ3v) is 6.59. The number of carbonyl (C=O) groups is 1. The first kappa shape index (κ1) is 22.6. The molecule has 3 rings (SSSR count). The van der Waals surface area contributed by atoms with Gasteiger partial charge in [-0.2, -0.15) is 0 Å². The zero-order valence-corrected chi connectivity index (χ0v) is 19.0. The lowest BCUT2D eigenvalue weighted by Crippen LogP contribution is -2.38. The van der Waals surface area contributed by atoms with E-state index in [0.29, 0.717) is 18.3 Å². The molecule has 0 spiro atoms. The molecule has 0 aromatic heterocycles. The van der Waals surface area contributed by atoms with E-state index in [1.54, 1.807) is 0 Å². The monoisotopic (exact) mass is 407 g/mol. The summed E-state index contributed by atoms with van der Waals surface area (Å²) in [6, 6.07) is 21.3. The highest BCUT2D eigenvalue weighted by Crippen LogP contribution is 2.40. The molecule has 1 aliphatic heterocycles. The molecule has 3 nitrogen and oxygen atoms in total. The van der Waals surface area contributed by atoms with Crippen molar-refractivity contribution in [1.82, 2.24) is 4.90 Å². The Kier molecular flexibility index (Phi) is 7.71. The van der Waals surface area contributed by atoms with E-state index in [9.17, 15) is 4.79 Å². The topological polar surface area (TPSA) is 29.5 Å². The molecule has 162 valence electrons. The van der Waals surface area contributed by atoms with Crippen LogP contribution in [-0.4, -0.2) is 29.6 Å². The van der Waals surface area contributed by atoms with Crippen molar-refractivity contribution >= 4 is 5.91 Å². The molecule has 1 aliphatic rings. The van der Waals surface area contributed by atoms with Crippen LogP contribution in [0.1, 0.15) is 76.5 Å². The summed E-state index contributed by atoms with van der Waals surface area (Å²) >= 11 is 0. The van der Waals surface area contributed by atoms with Gasteiger partial charge >= 0.3 is 0 Å². The molecular formula is C27H37NO2. The number of carbonyl (C=O) groups excluding carboxylic acids is 1. The second kappa shape index (κ2) is 10.3. The van der Waals surface area contributed by atoms with Crippen molar-refractivity contribution in [2.45, 2.75) is 70.9 Å². The van der Waals surface area contributed by atoms with Crippen molar-refractivity contribution in [3.63, 3.8) is 0 Å². The van der Waals surface area contributed by atoms with Crippen LogP contribution < -0.4 is 0 Å². The maximum atomic E-state index is 12.9. The predicted octanol–water partition coefficient (Wildman–Crippen LogP) is 6.37. The summed E-state index contributed by atoms with van der Waals surface area (Å²) in [6.07, 6.45) is 3.66. The van der Waals surface area contributed by atoms with E-state index in [4.69, 9.17) is 4.74 Å². The van der Waals surface area contributed by atoms with Crippen molar-refractivity contribution in [2.24, 2.45) is 5.92 Å². The summed E-state index contributed by atoms with van der Waals surface area (Å²) < 4.78 is 5.99. The summed E-state index contributed by atoms with van der Waals surface area (Å²) in [6.45, 7) is 10.1. The summed E-state index contributed by atoms with van der Waals surface area (Å²) in [5.74, 6) is 1.23. The number of amides is 1. The first-order chi connectivity index (χ1) is 14.4. The molecular weight excluding hydrogens is 370 g/mol. The van der Waals surface area contributed by atoms with Gasteiger partial charge in [0.15, 0.2) is 0 Å². The number of ether oxygens (including phenoxy) is 1. The third kappa shape index (κ3) is 5.72. The fourth-order valence-electron chi connectivity index (χ4n) is 4.92. The molecule has 2 aromatic rings. The number of nitrogens with zero attached hydrogens (tertiary/aromatic N) is 1. The predicted molar refractivity (Wildman–Crippen MR) is 123 cm³/mol. The quantitative estimate of drug-likeness (QED) is 0.509. The van der Waals surface area contributed by atoms with Crippen molar-refractivity contribution in [1.29, 1.82) is 0 Å². The average Bonchev–Trinajstić information content (AvgIpc) is 2.76. The van der Waals surface area contributed by atoms with Crippen LogP contribution in [-0.2, 0) is 9.53 Å².